The summed E-state index contributed by atoms with van der Waals surface area (Å²) in [6, 6.07) is -1.48. The Kier molecular flexibility index (Phi) is 32.5. The Labute approximate surface area is 296 Å². The number of rotatable bonds is 34. The maximum Gasteiger partial charge on any atom is 0.472 e. The van der Waals surface area contributed by atoms with Crippen molar-refractivity contribution in [2.45, 2.75) is 142 Å². The Bertz CT molecular complexity index is 1010. The Morgan fingerprint density at radius 3 is 1.80 bits per heavy atom. The summed E-state index contributed by atoms with van der Waals surface area (Å²) < 4.78 is 33.1. The zero-order valence-corrected chi connectivity index (χ0v) is 31.2. The monoisotopic (exact) mass is 711 g/mol. The van der Waals surface area contributed by atoms with E-state index in [2.05, 4.69) is 79.1 Å². The number of hydrogen-bond acceptors (Lipinski definition) is 8. The van der Waals surface area contributed by atoms with Gasteiger partial charge in [-0.2, -0.15) is 0 Å². The number of carboxylic acid groups (broad SMARTS) is 1. The van der Waals surface area contributed by atoms with Crippen molar-refractivity contribution < 1.29 is 42.7 Å². The maximum absolute atomic E-state index is 12.5. The SMILES string of the molecule is CC/C=C\C/C=C\C/C=C\C/C=C\CCCOCC(COP(=O)(O)OCC(N)C(=O)O)OC(=O)CCCCCCC/C=C\CCCCCC. The Hall–Kier alpha value is -2.33. The number of esters is 1. The summed E-state index contributed by atoms with van der Waals surface area (Å²) in [6.45, 7) is 3.56. The smallest absolute Gasteiger partial charge is 0.472 e. The van der Waals surface area contributed by atoms with E-state index in [0.717, 1.165) is 77.0 Å². The van der Waals surface area contributed by atoms with Gasteiger partial charge in [0.25, 0.3) is 0 Å². The third-order valence-corrected chi connectivity index (χ3v) is 8.23. The van der Waals surface area contributed by atoms with Crippen molar-refractivity contribution in [3.05, 3.63) is 60.8 Å². The molecular formula is C38H66NO9P. The van der Waals surface area contributed by atoms with Crippen molar-refractivity contribution in [2.75, 3.05) is 26.4 Å². The normalized spacial score (nSPS) is 14.9. The van der Waals surface area contributed by atoms with Gasteiger partial charge in [0.2, 0.25) is 0 Å². The van der Waals surface area contributed by atoms with E-state index in [1.807, 2.05) is 0 Å². The molecule has 0 aromatic carbocycles. The Morgan fingerprint density at radius 2 is 1.18 bits per heavy atom. The molecule has 282 valence electrons. The second-order valence-electron chi connectivity index (χ2n) is 12.0. The van der Waals surface area contributed by atoms with Crippen LogP contribution in [-0.4, -0.2) is 60.5 Å². The number of ether oxygens (including phenoxy) is 2. The van der Waals surface area contributed by atoms with Crippen LogP contribution in [0.2, 0.25) is 0 Å². The highest BCUT2D eigenvalue weighted by Gasteiger charge is 2.27. The van der Waals surface area contributed by atoms with Crippen molar-refractivity contribution in [2.24, 2.45) is 5.73 Å². The lowest BCUT2D eigenvalue weighted by Crippen LogP contribution is -2.34. The van der Waals surface area contributed by atoms with Crippen molar-refractivity contribution in [1.29, 1.82) is 0 Å². The summed E-state index contributed by atoms with van der Waals surface area (Å²) in [7, 11) is -4.63. The fourth-order valence-electron chi connectivity index (χ4n) is 4.42. The first-order valence-electron chi connectivity index (χ1n) is 18.3. The summed E-state index contributed by atoms with van der Waals surface area (Å²) >= 11 is 0. The van der Waals surface area contributed by atoms with Gasteiger partial charge in [0.1, 0.15) is 12.1 Å². The lowest BCUT2D eigenvalue weighted by molar-refractivity contribution is -0.154. The highest BCUT2D eigenvalue weighted by molar-refractivity contribution is 7.47. The number of aliphatic carboxylic acids is 1. The van der Waals surface area contributed by atoms with Gasteiger partial charge in [-0.25, -0.2) is 4.57 Å². The third kappa shape index (κ3) is 33.9. The van der Waals surface area contributed by atoms with Gasteiger partial charge in [0.15, 0.2) is 0 Å². The van der Waals surface area contributed by atoms with E-state index in [4.69, 9.17) is 24.8 Å². The first-order valence-corrected chi connectivity index (χ1v) is 19.8. The van der Waals surface area contributed by atoms with Crippen LogP contribution in [-0.2, 0) is 32.7 Å². The zero-order chi connectivity index (χ0) is 36.3. The van der Waals surface area contributed by atoms with E-state index in [1.54, 1.807) is 0 Å². The van der Waals surface area contributed by atoms with Gasteiger partial charge in [-0.3, -0.25) is 18.6 Å². The molecule has 0 aliphatic rings. The molecule has 0 amide bonds. The third-order valence-electron chi connectivity index (χ3n) is 7.28. The van der Waals surface area contributed by atoms with E-state index in [-0.39, 0.29) is 13.0 Å². The van der Waals surface area contributed by atoms with Crippen molar-refractivity contribution in [3.8, 4) is 0 Å². The summed E-state index contributed by atoms with van der Waals surface area (Å²) in [5.74, 6) is -1.82. The summed E-state index contributed by atoms with van der Waals surface area (Å²) in [5.41, 5.74) is 5.33. The number of allylic oxidation sites excluding steroid dienone is 10. The molecule has 0 spiro atoms. The van der Waals surface area contributed by atoms with Crippen LogP contribution in [0.5, 0.6) is 0 Å². The molecule has 0 aromatic heterocycles. The van der Waals surface area contributed by atoms with Crippen LogP contribution in [0.25, 0.3) is 0 Å². The topological polar surface area (TPSA) is 155 Å². The number of carbonyl (C=O) groups excluding carboxylic acids is 1. The molecule has 10 nitrogen and oxygen atoms in total. The Balaban J connectivity index is 4.45. The van der Waals surface area contributed by atoms with Gasteiger partial charge in [-0.1, -0.05) is 113 Å². The molecule has 4 N–H and O–H groups in total. The number of carboxylic acids is 1. The summed E-state index contributed by atoms with van der Waals surface area (Å²) in [6.07, 6.45) is 38.6. The minimum Gasteiger partial charge on any atom is -0.480 e. The van der Waals surface area contributed by atoms with E-state index in [9.17, 15) is 19.0 Å². The van der Waals surface area contributed by atoms with Gasteiger partial charge in [-0.05, 0) is 70.6 Å². The number of hydrogen-bond donors (Lipinski definition) is 3. The van der Waals surface area contributed by atoms with E-state index < -0.39 is 45.1 Å². The molecule has 11 heteroatoms. The van der Waals surface area contributed by atoms with Crippen LogP contribution in [0, 0.1) is 0 Å². The molecule has 0 fully saturated rings. The first-order chi connectivity index (χ1) is 23.7. The molecule has 3 unspecified atom stereocenters. The molecule has 0 bridgehead atoms. The predicted octanol–water partition coefficient (Wildman–Crippen LogP) is 9.30. The molecule has 3 atom stereocenters. The van der Waals surface area contributed by atoms with E-state index in [0.29, 0.717) is 13.0 Å². The number of phosphoric acid groups is 1. The standard InChI is InChI=1S/C38H66NO9P/c1-3-5-7-9-11-13-15-17-19-21-23-25-27-29-31-45-32-35(33-46-49(43,44)47-34-36(39)38(41)42)48-37(40)30-28-26-24-22-20-18-16-14-12-10-8-6-4-2/h5,7,11,13-14,16-17,19,23,25,35-36H,3-4,6,8-10,12,15,18,20-22,24,26-34,39H2,1-2H3,(H,41,42)(H,43,44)/b7-5-,13-11-,16-14-,19-17-,25-23-. The number of carbonyl (C=O) groups is 2. The fourth-order valence-corrected chi connectivity index (χ4v) is 5.20. The second kappa shape index (κ2) is 34.1. The molecule has 49 heavy (non-hydrogen) atoms. The summed E-state index contributed by atoms with van der Waals surface area (Å²) in [4.78, 5) is 33.3. The van der Waals surface area contributed by atoms with Crippen LogP contribution >= 0.6 is 7.82 Å². The number of nitrogens with two attached hydrogens (primary N) is 1. The quantitative estimate of drug-likeness (QED) is 0.0255. The molecule has 0 saturated heterocycles. The molecule has 0 saturated carbocycles. The van der Waals surface area contributed by atoms with Crippen LogP contribution in [0.1, 0.15) is 129 Å². The average Bonchev–Trinajstić information content (AvgIpc) is 3.07. The van der Waals surface area contributed by atoms with Crippen molar-refractivity contribution >= 4 is 19.8 Å². The minimum atomic E-state index is -4.63. The molecule has 0 rings (SSSR count). The zero-order valence-electron chi connectivity index (χ0n) is 30.3. The van der Waals surface area contributed by atoms with Gasteiger partial charge < -0.3 is 25.2 Å². The first kappa shape index (κ1) is 46.7. The summed E-state index contributed by atoms with van der Waals surface area (Å²) in [5, 5.41) is 8.85. The molecule has 0 aliphatic carbocycles. The Morgan fingerprint density at radius 1 is 0.673 bits per heavy atom. The maximum atomic E-state index is 12.5. The average molecular weight is 712 g/mol. The van der Waals surface area contributed by atoms with Crippen LogP contribution < -0.4 is 5.73 Å². The molecule has 0 radical (unpaired) electrons. The van der Waals surface area contributed by atoms with Gasteiger partial charge in [-0.15, -0.1) is 0 Å². The largest absolute Gasteiger partial charge is 0.480 e. The van der Waals surface area contributed by atoms with E-state index >= 15 is 0 Å². The van der Waals surface area contributed by atoms with Gasteiger partial charge in [0.05, 0.1) is 19.8 Å². The van der Waals surface area contributed by atoms with Crippen LogP contribution in [0.4, 0.5) is 0 Å². The van der Waals surface area contributed by atoms with Crippen molar-refractivity contribution in [1.82, 2.24) is 0 Å². The highest BCUT2D eigenvalue weighted by atomic mass is 31.2. The second-order valence-corrected chi connectivity index (χ2v) is 13.4. The van der Waals surface area contributed by atoms with Gasteiger partial charge >= 0.3 is 19.8 Å². The lowest BCUT2D eigenvalue weighted by atomic mass is 10.1. The van der Waals surface area contributed by atoms with E-state index in [1.165, 1.54) is 25.7 Å². The molecule has 0 aromatic rings. The van der Waals surface area contributed by atoms with Gasteiger partial charge in [0, 0.05) is 13.0 Å². The molecular weight excluding hydrogens is 645 g/mol. The number of phosphoric ester groups is 1. The fraction of sp³-hybridized carbons (Fsp3) is 0.684. The van der Waals surface area contributed by atoms with Crippen LogP contribution in [0.15, 0.2) is 60.8 Å². The highest BCUT2D eigenvalue weighted by Crippen LogP contribution is 2.43. The lowest BCUT2D eigenvalue weighted by Gasteiger charge is -2.20. The van der Waals surface area contributed by atoms with Crippen LogP contribution in [0.3, 0.4) is 0 Å². The predicted molar refractivity (Wildman–Crippen MR) is 198 cm³/mol. The number of unbranched alkanes of at least 4 members (excludes halogenated alkanes) is 10. The minimum absolute atomic E-state index is 0.0271. The molecule has 0 heterocycles. The van der Waals surface area contributed by atoms with Crippen molar-refractivity contribution in [3.63, 3.8) is 0 Å². The molecule has 0 aliphatic heterocycles.